The van der Waals surface area contributed by atoms with Crippen LogP contribution in [-0.2, 0) is 0 Å². The highest BCUT2D eigenvalue weighted by Crippen LogP contribution is 2.22. The molecule has 1 heterocycles. The molecular weight excluding hydrogens is 250 g/mol. The Morgan fingerprint density at radius 1 is 1.11 bits per heavy atom. The molecule has 0 saturated carbocycles. The van der Waals surface area contributed by atoms with Crippen molar-refractivity contribution in [3.05, 3.63) is 64.1 Å². The van der Waals surface area contributed by atoms with Gasteiger partial charge < -0.3 is 4.98 Å². The van der Waals surface area contributed by atoms with E-state index in [9.17, 15) is 13.6 Å². The van der Waals surface area contributed by atoms with Crippen LogP contribution in [0.3, 0.4) is 0 Å². The van der Waals surface area contributed by atoms with Gasteiger partial charge >= 0.3 is 5.69 Å². The first-order chi connectivity index (χ1) is 9.09. The van der Waals surface area contributed by atoms with E-state index < -0.39 is 17.3 Å². The molecule has 3 nitrogen and oxygen atoms in total. The zero-order chi connectivity index (χ0) is 13.6. The van der Waals surface area contributed by atoms with Gasteiger partial charge in [-0.2, -0.15) is 0 Å². The molecule has 0 unspecified atom stereocenters. The molecule has 0 aliphatic carbocycles. The molecule has 19 heavy (non-hydrogen) atoms. The average molecular weight is 260 g/mol. The minimum absolute atomic E-state index is 0.0701. The molecule has 2 aromatic carbocycles. The predicted molar refractivity (Wildman–Crippen MR) is 68.5 cm³/mol. The topological polar surface area (TPSA) is 37.8 Å². The van der Waals surface area contributed by atoms with E-state index in [1.54, 1.807) is 25.1 Å². The molecule has 96 valence electrons. The lowest BCUT2D eigenvalue weighted by Gasteiger charge is -2.07. The number of aromatic nitrogens is 2. The molecule has 3 aromatic rings. The molecule has 0 radical (unpaired) electrons. The van der Waals surface area contributed by atoms with Crippen LogP contribution in [0.25, 0.3) is 16.7 Å². The number of hydrogen-bond acceptors (Lipinski definition) is 1. The summed E-state index contributed by atoms with van der Waals surface area (Å²) >= 11 is 0. The Kier molecular flexibility index (Phi) is 2.48. The summed E-state index contributed by atoms with van der Waals surface area (Å²) in [6.07, 6.45) is 0. The Bertz CT molecular complexity index is 833. The quantitative estimate of drug-likeness (QED) is 0.717. The molecule has 3 rings (SSSR count). The molecule has 1 aromatic heterocycles. The Morgan fingerprint density at radius 2 is 1.84 bits per heavy atom. The Hall–Kier alpha value is -2.43. The predicted octanol–water partition coefficient (Wildman–Crippen LogP) is 2.91. The van der Waals surface area contributed by atoms with Gasteiger partial charge in [0.05, 0.1) is 11.2 Å². The van der Waals surface area contributed by atoms with E-state index in [0.717, 1.165) is 16.2 Å². The number of imidazole rings is 1. The lowest BCUT2D eigenvalue weighted by Crippen LogP contribution is -2.16. The highest BCUT2D eigenvalue weighted by molar-refractivity contribution is 5.78. The van der Waals surface area contributed by atoms with Gasteiger partial charge in [-0.3, -0.25) is 4.57 Å². The van der Waals surface area contributed by atoms with Crippen LogP contribution in [-0.4, -0.2) is 9.55 Å². The van der Waals surface area contributed by atoms with Gasteiger partial charge in [-0.25, -0.2) is 13.6 Å². The highest BCUT2D eigenvalue weighted by Gasteiger charge is 2.16. The molecule has 0 atom stereocenters. The minimum Gasteiger partial charge on any atom is -0.305 e. The molecule has 0 aliphatic heterocycles. The van der Waals surface area contributed by atoms with Gasteiger partial charge in [0, 0.05) is 0 Å². The number of nitrogens with one attached hydrogen (secondary N) is 1. The van der Waals surface area contributed by atoms with Crippen molar-refractivity contribution < 1.29 is 8.78 Å². The van der Waals surface area contributed by atoms with Crippen molar-refractivity contribution in [1.82, 2.24) is 9.55 Å². The van der Waals surface area contributed by atoms with Crippen molar-refractivity contribution >= 4 is 11.0 Å². The number of hydrogen-bond donors (Lipinski definition) is 1. The molecular formula is C14H10F2N2O. The van der Waals surface area contributed by atoms with Gasteiger partial charge in [-0.1, -0.05) is 18.2 Å². The van der Waals surface area contributed by atoms with E-state index in [0.29, 0.717) is 5.69 Å². The Balaban J connectivity index is 2.48. The standard InChI is InChI=1S/C14H10F2N2O/c1-8-4-2-3-5-11(8)18-13-10(17-14(18)19)7-6-9(15)12(13)16/h2-7H,1H3,(H,17,19). The number of aryl methyl sites for hydroxylation is 1. The second-order valence-corrected chi connectivity index (χ2v) is 4.31. The van der Waals surface area contributed by atoms with Gasteiger partial charge in [-0.05, 0) is 30.7 Å². The largest absolute Gasteiger partial charge is 0.331 e. The van der Waals surface area contributed by atoms with E-state index in [1.165, 1.54) is 6.07 Å². The third kappa shape index (κ3) is 1.66. The second kappa shape index (κ2) is 4.05. The van der Waals surface area contributed by atoms with Crippen molar-refractivity contribution in [1.29, 1.82) is 0 Å². The summed E-state index contributed by atoms with van der Waals surface area (Å²) in [5.41, 5.74) is 1.04. The number of aromatic amines is 1. The van der Waals surface area contributed by atoms with E-state index >= 15 is 0 Å². The van der Waals surface area contributed by atoms with Gasteiger partial charge in [0.2, 0.25) is 0 Å². The maximum atomic E-state index is 13.9. The monoisotopic (exact) mass is 260 g/mol. The SMILES string of the molecule is Cc1ccccc1-n1c(=O)[nH]c2ccc(F)c(F)c21. The van der Waals surface area contributed by atoms with E-state index in [1.807, 2.05) is 6.07 Å². The summed E-state index contributed by atoms with van der Waals surface area (Å²) in [4.78, 5) is 14.5. The summed E-state index contributed by atoms with van der Waals surface area (Å²) in [6, 6.07) is 9.40. The number of benzene rings is 2. The summed E-state index contributed by atoms with van der Waals surface area (Å²) < 4.78 is 28.4. The van der Waals surface area contributed by atoms with Crippen LogP contribution in [0, 0.1) is 18.6 Å². The van der Waals surface area contributed by atoms with Crippen LogP contribution in [0.5, 0.6) is 0 Å². The first kappa shape index (κ1) is 11.6. The fourth-order valence-electron chi connectivity index (χ4n) is 2.18. The summed E-state index contributed by atoms with van der Waals surface area (Å²) in [5.74, 6) is -2.01. The molecule has 0 aliphatic rings. The van der Waals surface area contributed by atoms with Crippen LogP contribution >= 0.6 is 0 Å². The normalized spacial score (nSPS) is 11.1. The third-order valence-electron chi connectivity index (χ3n) is 3.09. The van der Waals surface area contributed by atoms with Crippen LogP contribution in [0.4, 0.5) is 8.78 Å². The van der Waals surface area contributed by atoms with Crippen molar-refractivity contribution in [2.75, 3.05) is 0 Å². The number of halogens is 2. The number of fused-ring (bicyclic) bond motifs is 1. The zero-order valence-corrected chi connectivity index (χ0v) is 10.1. The van der Waals surface area contributed by atoms with Crippen molar-refractivity contribution in [2.24, 2.45) is 0 Å². The molecule has 5 heteroatoms. The fraction of sp³-hybridized carbons (Fsp3) is 0.0714. The number of para-hydroxylation sites is 1. The smallest absolute Gasteiger partial charge is 0.305 e. The number of H-pyrrole nitrogens is 1. The molecule has 0 bridgehead atoms. The maximum Gasteiger partial charge on any atom is 0.331 e. The first-order valence-electron chi connectivity index (χ1n) is 5.74. The summed E-state index contributed by atoms with van der Waals surface area (Å²) in [7, 11) is 0. The second-order valence-electron chi connectivity index (χ2n) is 4.31. The van der Waals surface area contributed by atoms with Gasteiger partial charge in [-0.15, -0.1) is 0 Å². The minimum atomic E-state index is -1.03. The fourth-order valence-corrected chi connectivity index (χ4v) is 2.18. The van der Waals surface area contributed by atoms with Crippen molar-refractivity contribution in [3.8, 4) is 5.69 Å². The first-order valence-corrected chi connectivity index (χ1v) is 5.74. The number of nitrogens with zero attached hydrogens (tertiary/aromatic N) is 1. The van der Waals surface area contributed by atoms with Crippen molar-refractivity contribution in [2.45, 2.75) is 6.92 Å². The Morgan fingerprint density at radius 3 is 2.58 bits per heavy atom. The zero-order valence-electron chi connectivity index (χ0n) is 10.1. The van der Waals surface area contributed by atoms with E-state index in [2.05, 4.69) is 4.98 Å². The lowest BCUT2D eigenvalue weighted by atomic mass is 10.2. The van der Waals surface area contributed by atoms with Gasteiger partial charge in [0.25, 0.3) is 0 Å². The van der Waals surface area contributed by atoms with Crippen LogP contribution in [0.1, 0.15) is 5.56 Å². The van der Waals surface area contributed by atoms with Crippen LogP contribution in [0.2, 0.25) is 0 Å². The molecule has 0 amide bonds. The highest BCUT2D eigenvalue weighted by atomic mass is 19.2. The van der Waals surface area contributed by atoms with E-state index in [-0.39, 0.29) is 11.0 Å². The lowest BCUT2D eigenvalue weighted by molar-refractivity contribution is 0.514. The number of rotatable bonds is 1. The van der Waals surface area contributed by atoms with Crippen molar-refractivity contribution in [3.63, 3.8) is 0 Å². The molecule has 0 saturated heterocycles. The van der Waals surface area contributed by atoms with E-state index in [4.69, 9.17) is 0 Å². The third-order valence-corrected chi connectivity index (χ3v) is 3.09. The van der Waals surface area contributed by atoms with Crippen LogP contribution < -0.4 is 5.69 Å². The van der Waals surface area contributed by atoms with Crippen LogP contribution in [0.15, 0.2) is 41.2 Å². The summed E-state index contributed by atoms with van der Waals surface area (Å²) in [5, 5.41) is 0. The average Bonchev–Trinajstić information content (AvgIpc) is 2.72. The maximum absolute atomic E-state index is 13.9. The van der Waals surface area contributed by atoms with Gasteiger partial charge in [0.15, 0.2) is 11.6 Å². The molecule has 0 spiro atoms. The Labute approximate surface area is 107 Å². The summed E-state index contributed by atoms with van der Waals surface area (Å²) in [6.45, 7) is 1.80. The molecule has 0 fully saturated rings. The van der Waals surface area contributed by atoms with Gasteiger partial charge in [0.1, 0.15) is 5.52 Å². The molecule has 1 N–H and O–H groups in total.